The van der Waals surface area contributed by atoms with Crippen molar-refractivity contribution in [2.45, 2.75) is 45.6 Å². The average Bonchev–Trinajstić information content (AvgIpc) is 2.37. The summed E-state index contributed by atoms with van der Waals surface area (Å²) in [4.78, 5) is 23.2. The standard InChI is InChI=1S/C13H23NO4/c1-8(7-15)9(2)14-12(16)10-5-3-4-6-11(10)13(17)18/h8-11,15H,3-7H2,1-2H3,(H,14,16)(H,17,18)/t8?,9?,10-,11+/m1/s1. The van der Waals surface area contributed by atoms with Gasteiger partial charge in [-0.25, -0.2) is 0 Å². The third kappa shape index (κ3) is 3.70. The Morgan fingerprint density at radius 2 is 1.78 bits per heavy atom. The Labute approximate surface area is 108 Å². The van der Waals surface area contributed by atoms with Crippen molar-refractivity contribution in [1.29, 1.82) is 0 Å². The number of hydrogen-bond acceptors (Lipinski definition) is 3. The van der Waals surface area contributed by atoms with Gasteiger partial charge in [-0.1, -0.05) is 19.8 Å². The number of hydrogen-bond donors (Lipinski definition) is 3. The molecule has 1 fully saturated rings. The summed E-state index contributed by atoms with van der Waals surface area (Å²) < 4.78 is 0. The average molecular weight is 257 g/mol. The molecule has 0 aromatic heterocycles. The highest BCUT2D eigenvalue weighted by Gasteiger charge is 2.36. The van der Waals surface area contributed by atoms with Crippen molar-refractivity contribution in [3.05, 3.63) is 0 Å². The zero-order chi connectivity index (χ0) is 13.7. The number of rotatable bonds is 5. The van der Waals surface area contributed by atoms with E-state index in [-0.39, 0.29) is 24.5 Å². The molecule has 1 aliphatic rings. The monoisotopic (exact) mass is 257 g/mol. The highest BCUT2D eigenvalue weighted by Crippen LogP contribution is 2.30. The lowest BCUT2D eigenvalue weighted by Gasteiger charge is -2.29. The zero-order valence-electron chi connectivity index (χ0n) is 11.1. The SMILES string of the molecule is CC(CO)C(C)NC(=O)[C@@H]1CCCC[C@@H]1C(=O)O. The molecule has 0 aromatic carbocycles. The summed E-state index contributed by atoms with van der Waals surface area (Å²) in [6.45, 7) is 3.69. The Morgan fingerprint density at radius 3 is 2.28 bits per heavy atom. The summed E-state index contributed by atoms with van der Waals surface area (Å²) in [6.07, 6.45) is 3.01. The minimum absolute atomic E-state index is 0.00841. The van der Waals surface area contributed by atoms with Crippen LogP contribution in [0.3, 0.4) is 0 Å². The summed E-state index contributed by atoms with van der Waals surface area (Å²) >= 11 is 0. The van der Waals surface area contributed by atoms with E-state index in [4.69, 9.17) is 10.2 Å². The predicted octanol–water partition coefficient (Wildman–Crippen LogP) is 1.01. The van der Waals surface area contributed by atoms with Crippen LogP contribution in [0.4, 0.5) is 0 Å². The van der Waals surface area contributed by atoms with Gasteiger partial charge in [0.1, 0.15) is 0 Å². The van der Waals surface area contributed by atoms with Gasteiger partial charge in [0.05, 0.1) is 11.8 Å². The van der Waals surface area contributed by atoms with Crippen molar-refractivity contribution < 1.29 is 19.8 Å². The number of carboxylic acids is 1. The van der Waals surface area contributed by atoms with E-state index in [1.165, 1.54) is 0 Å². The van der Waals surface area contributed by atoms with E-state index in [1.54, 1.807) is 0 Å². The highest BCUT2D eigenvalue weighted by molar-refractivity contribution is 5.85. The maximum Gasteiger partial charge on any atom is 0.307 e. The van der Waals surface area contributed by atoms with Gasteiger partial charge in [0.2, 0.25) is 5.91 Å². The van der Waals surface area contributed by atoms with Gasteiger partial charge in [-0.05, 0) is 25.7 Å². The van der Waals surface area contributed by atoms with E-state index in [1.807, 2.05) is 13.8 Å². The van der Waals surface area contributed by atoms with Gasteiger partial charge in [0, 0.05) is 12.6 Å². The zero-order valence-corrected chi connectivity index (χ0v) is 11.1. The van der Waals surface area contributed by atoms with E-state index < -0.39 is 17.8 Å². The molecule has 0 saturated heterocycles. The molecule has 3 N–H and O–H groups in total. The molecule has 0 aromatic rings. The molecule has 1 amide bonds. The maximum atomic E-state index is 12.1. The minimum Gasteiger partial charge on any atom is -0.481 e. The Hall–Kier alpha value is -1.10. The normalized spacial score (nSPS) is 27.3. The largest absolute Gasteiger partial charge is 0.481 e. The van der Waals surface area contributed by atoms with Crippen LogP contribution in [-0.4, -0.2) is 34.7 Å². The van der Waals surface area contributed by atoms with Crippen molar-refractivity contribution in [3.63, 3.8) is 0 Å². The van der Waals surface area contributed by atoms with Crippen LogP contribution < -0.4 is 5.32 Å². The molecule has 1 aliphatic carbocycles. The minimum atomic E-state index is -0.877. The van der Waals surface area contributed by atoms with E-state index >= 15 is 0 Å². The van der Waals surface area contributed by atoms with Crippen molar-refractivity contribution in [3.8, 4) is 0 Å². The maximum absolute atomic E-state index is 12.1. The smallest absolute Gasteiger partial charge is 0.307 e. The fraction of sp³-hybridized carbons (Fsp3) is 0.846. The molecular weight excluding hydrogens is 234 g/mol. The molecule has 1 saturated carbocycles. The summed E-state index contributed by atoms with van der Waals surface area (Å²) in [5, 5.41) is 21.0. The number of carbonyl (C=O) groups excluding carboxylic acids is 1. The predicted molar refractivity (Wildman–Crippen MR) is 66.9 cm³/mol. The number of aliphatic hydroxyl groups excluding tert-OH is 1. The first kappa shape index (κ1) is 15.0. The van der Waals surface area contributed by atoms with Crippen LogP contribution in [0.1, 0.15) is 39.5 Å². The summed E-state index contributed by atoms with van der Waals surface area (Å²) in [7, 11) is 0. The topological polar surface area (TPSA) is 86.6 Å². The molecule has 0 spiro atoms. The molecule has 1 rings (SSSR count). The van der Waals surface area contributed by atoms with Crippen LogP contribution in [0.25, 0.3) is 0 Å². The molecule has 4 atom stereocenters. The number of amides is 1. The van der Waals surface area contributed by atoms with Gasteiger partial charge in [-0.15, -0.1) is 0 Å². The Morgan fingerprint density at radius 1 is 1.22 bits per heavy atom. The molecule has 0 bridgehead atoms. The third-order valence-corrected chi connectivity index (χ3v) is 3.93. The lowest BCUT2D eigenvalue weighted by Crippen LogP contribution is -2.45. The van der Waals surface area contributed by atoms with Crippen LogP contribution in [0.15, 0.2) is 0 Å². The molecule has 0 radical (unpaired) electrons. The van der Waals surface area contributed by atoms with E-state index in [9.17, 15) is 9.59 Å². The molecule has 2 unspecified atom stereocenters. The summed E-state index contributed by atoms with van der Waals surface area (Å²) in [5.41, 5.74) is 0. The van der Waals surface area contributed by atoms with Crippen LogP contribution in [0, 0.1) is 17.8 Å². The van der Waals surface area contributed by atoms with Crippen molar-refractivity contribution in [2.24, 2.45) is 17.8 Å². The number of nitrogens with one attached hydrogen (secondary N) is 1. The first-order chi connectivity index (χ1) is 8.47. The Kier molecular flexibility index (Phi) is 5.59. The molecule has 18 heavy (non-hydrogen) atoms. The van der Waals surface area contributed by atoms with Gasteiger partial charge in [-0.2, -0.15) is 0 Å². The molecule has 0 heterocycles. The van der Waals surface area contributed by atoms with Crippen LogP contribution in [0.5, 0.6) is 0 Å². The number of carbonyl (C=O) groups is 2. The second-order valence-electron chi connectivity index (χ2n) is 5.29. The lowest BCUT2D eigenvalue weighted by atomic mass is 9.78. The number of carboxylic acid groups (broad SMARTS) is 1. The summed E-state index contributed by atoms with van der Waals surface area (Å²) in [6, 6.07) is -0.140. The second kappa shape index (κ2) is 6.73. The molecule has 5 heteroatoms. The van der Waals surface area contributed by atoms with E-state index in [0.717, 1.165) is 12.8 Å². The molecule has 104 valence electrons. The van der Waals surface area contributed by atoms with Crippen molar-refractivity contribution >= 4 is 11.9 Å². The fourth-order valence-corrected chi connectivity index (χ4v) is 2.37. The first-order valence-electron chi connectivity index (χ1n) is 6.61. The summed E-state index contributed by atoms with van der Waals surface area (Å²) in [5.74, 6) is -2.08. The third-order valence-electron chi connectivity index (χ3n) is 3.93. The van der Waals surface area contributed by atoms with Gasteiger partial charge >= 0.3 is 5.97 Å². The van der Waals surface area contributed by atoms with Crippen molar-refractivity contribution in [1.82, 2.24) is 5.32 Å². The van der Waals surface area contributed by atoms with Gasteiger partial charge < -0.3 is 15.5 Å². The van der Waals surface area contributed by atoms with Crippen molar-refractivity contribution in [2.75, 3.05) is 6.61 Å². The van der Waals surface area contributed by atoms with E-state index in [0.29, 0.717) is 12.8 Å². The van der Waals surface area contributed by atoms with Crippen LogP contribution >= 0.6 is 0 Å². The van der Waals surface area contributed by atoms with Gasteiger partial charge in [-0.3, -0.25) is 9.59 Å². The number of aliphatic hydroxyl groups is 1. The molecule has 0 aliphatic heterocycles. The van der Waals surface area contributed by atoms with E-state index in [2.05, 4.69) is 5.32 Å². The van der Waals surface area contributed by atoms with Gasteiger partial charge in [0.25, 0.3) is 0 Å². The lowest BCUT2D eigenvalue weighted by molar-refractivity contribution is -0.149. The Balaban J connectivity index is 2.61. The van der Waals surface area contributed by atoms with Gasteiger partial charge in [0.15, 0.2) is 0 Å². The second-order valence-corrected chi connectivity index (χ2v) is 5.29. The highest BCUT2D eigenvalue weighted by atomic mass is 16.4. The molecule has 5 nitrogen and oxygen atoms in total. The van der Waals surface area contributed by atoms with Crippen LogP contribution in [-0.2, 0) is 9.59 Å². The first-order valence-corrected chi connectivity index (χ1v) is 6.61. The molecular formula is C13H23NO4. The fourth-order valence-electron chi connectivity index (χ4n) is 2.37. The quantitative estimate of drug-likeness (QED) is 0.686. The number of aliphatic carboxylic acids is 1. The Bertz CT molecular complexity index is 305. The van der Waals surface area contributed by atoms with Crippen LogP contribution in [0.2, 0.25) is 0 Å².